The van der Waals surface area contributed by atoms with Gasteiger partial charge in [-0.3, -0.25) is 0 Å². The van der Waals surface area contributed by atoms with E-state index in [0.29, 0.717) is 0 Å². The van der Waals surface area contributed by atoms with E-state index in [1.807, 2.05) is 13.8 Å². The van der Waals surface area contributed by atoms with Gasteiger partial charge >= 0.3 is 0 Å². The lowest BCUT2D eigenvalue weighted by molar-refractivity contribution is 0.457. The van der Waals surface area contributed by atoms with Gasteiger partial charge in [0, 0.05) is 0 Å². The second kappa shape index (κ2) is 7.07. The molecule has 0 amide bonds. The molecule has 5 nitrogen and oxygen atoms in total. The highest BCUT2D eigenvalue weighted by Gasteiger charge is 2.27. The summed E-state index contributed by atoms with van der Waals surface area (Å²) in [6, 6.07) is 14.6. The highest BCUT2D eigenvalue weighted by Crippen LogP contribution is 2.35. The first-order chi connectivity index (χ1) is 13.0. The highest BCUT2D eigenvalue weighted by molar-refractivity contribution is 7.92. The van der Waals surface area contributed by atoms with Crippen LogP contribution in [0.15, 0.2) is 80.2 Å². The minimum absolute atomic E-state index is 0.0177. The summed E-state index contributed by atoms with van der Waals surface area (Å²) >= 11 is 0. The Bertz CT molecular complexity index is 1140. The van der Waals surface area contributed by atoms with E-state index in [-0.39, 0.29) is 20.2 Å². The molecule has 3 rings (SSSR count). The number of benzene rings is 3. The van der Waals surface area contributed by atoms with Crippen LogP contribution in [0.2, 0.25) is 0 Å². The average molecular weight is 417 g/mol. The van der Waals surface area contributed by atoms with Crippen molar-refractivity contribution in [1.29, 1.82) is 0 Å². The van der Waals surface area contributed by atoms with Gasteiger partial charge in [-0.05, 0) is 62.7 Å². The SMILES string of the molecule is Cc1ccc(S(=O)(=O)c2cc(S(=O)(=O)c3ccc(C)cc3)c(O)cc2C)cc1. The van der Waals surface area contributed by atoms with Crippen molar-refractivity contribution in [2.45, 2.75) is 40.4 Å². The fourth-order valence-electron chi connectivity index (χ4n) is 2.85. The van der Waals surface area contributed by atoms with Crippen LogP contribution in [-0.4, -0.2) is 21.9 Å². The Labute approximate surface area is 165 Å². The number of aromatic hydroxyl groups is 1. The molecule has 0 radical (unpaired) electrons. The van der Waals surface area contributed by atoms with E-state index in [1.54, 1.807) is 24.3 Å². The molecule has 0 spiro atoms. The van der Waals surface area contributed by atoms with Gasteiger partial charge in [0.25, 0.3) is 0 Å². The van der Waals surface area contributed by atoms with Crippen molar-refractivity contribution in [3.05, 3.63) is 77.4 Å². The molecule has 0 aliphatic heterocycles. The topological polar surface area (TPSA) is 88.5 Å². The second-order valence-electron chi connectivity index (χ2n) is 6.72. The predicted molar refractivity (Wildman–Crippen MR) is 106 cm³/mol. The van der Waals surface area contributed by atoms with Crippen LogP contribution in [0.25, 0.3) is 0 Å². The summed E-state index contributed by atoms with van der Waals surface area (Å²) in [6.07, 6.45) is 0. The minimum atomic E-state index is -4.09. The average Bonchev–Trinajstić information content (AvgIpc) is 2.62. The quantitative estimate of drug-likeness (QED) is 0.695. The normalized spacial score (nSPS) is 12.1. The molecule has 0 heterocycles. The van der Waals surface area contributed by atoms with E-state index in [1.165, 1.54) is 37.3 Å². The van der Waals surface area contributed by atoms with E-state index in [9.17, 15) is 21.9 Å². The number of rotatable bonds is 4. The van der Waals surface area contributed by atoms with Crippen LogP contribution in [0.4, 0.5) is 0 Å². The van der Waals surface area contributed by atoms with Crippen molar-refractivity contribution in [3.63, 3.8) is 0 Å². The fourth-order valence-corrected chi connectivity index (χ4v) is 5.78. The number of phenols is 1. The lowest BCUT2D eigenvalue weighted by atomic mass is 10.2. The van der Waals surface area contributed by atoms with Gasteiger partial charge in [0.05, 0.1) is 14.7 Å². The van der Waals surface area contributed by atoms with Gasteiger partial charge in [-0.25, -0.2) is 16.8 Å². The van der Waals surface area contributed by atoms with Gasteiger partial charge in [0.2, 0.25) is 19.7 Å². The zero-order valence-electron chi connectivity index (χ0n) is 15.7. The minimum Gasteiger partial charge on any atom is -0.507 e. The Morgan fingerprint density at radius 2 is 1.00 bits per heavy atom. The molecule has 7 heteroatoms. The molecule has 0 saturated carbocycles. The zero-order chi connectivity index (χ0) is 20.7. The zero-order valence-corrected chi connectivity index (χ0v) is 17.3. The molecule has 0 aromatic heterocycles. The van der Waals surface area contributed by atoms with Crippen LogP contribution in [-0.2, 0) is 19.7 Å². The first-order valence-electron chi connectivity index (χ1n) is 8.50. The third kappa shape index (κ3) is 3.55. The molecule has 0 aliphatic rings. The Hall–Kier alpha value is -2.64. The lowest BCUT2D eigenvalue weighted by Gasteiger charge is -2.13. The monoisotopic (exact) mass is 416 g/mol. The van der Waals surface area contributed by atoms with E-state index < -0.39 is 30.3 Å². The van der Waals surface area contributed by atoms with Gasteiger partial charge in [0.15, 0.2) is 0 Å². The molecular weight excluding hydrogens is 396 g/mol. The molecule has 146 valence electrons. The van der Waals surface area contributed by atoms with Crippen LogP contribution < -0.4 is 0 Å². The molecular formula is C21H20O5S2. The molecule has 0 saturated heterocycles. The van der Waals surface area contributed by atoms with Gasteiger partial charge in [0.1, 0.15) is 10.6 Å². The summed E-state index contributed by atoms with van der Waals surface area (Å²) in [6.45, 7) is 5.18. The van der Waals surface area contributed by atoms with Crippen LogP contribution in [0.1, 0.15) is 16.7 Å². The van der Waals surface area contributed by atoms with Crippen molar-refractivity contribution in [1.82, 2.24) is 0 Å². The van der Waals surface area contributed by atoms with Gasteiger partial charge in [-0.1, -0.05) is 35.4 Å². The first-order valence-corrected chi connectivity index (χ1v) is 11.5. The van der Waals surface area contributed by atoms with Crippen LogP contribution in [0.5, 0.6) is 5.75 Å². The number of hydrogen-bond acceptors (Lipinski definition) is 5. The maximum Gasteiger partial charge on any atom is 0.210 e. The van der Waals surface area contributed by atoms with Crippen LogP contribution in [0.3, 0.4) is 0 Å². The summed E-state index contributed by atoms with van der Waals surface area (Å²) in [5.41, 5.74) is 2.06. The van der Waals surface area contributed by atoms with Crippen LogP contribution in [0, 0.1) is 20.8 Å². The Balaban J connectivity index is 2.21. The standard InChI is InChI=1S/C21H20O5S2/c1-14-4-8-17(9-5-14)27(23,24)20-13-21(19(22)12-16(20)3)28(25,26)18-10-6-15(2)7-11-18/h4-13,22H,1-3H3. The van der Waals surface area contributed by atoms with Gasteiger partial charge in [-0.2, -0.15) is 0 Å². The highest BCUT2D eigenvalue weighted by atomic mass is 32.2. The molecule has 3 aromatic carbocycles. The third-order valence-electron chi connectivity index (χ3n) is 4.50. The number of sulfone groups is 2. The van der Waals surface area contributed by atoms with Crippen molar-refractivity contribution in [2.24, 2.45) is 0 Å². The fraction of sp³-hybridized carbons (Fsp3) is 0.143. The first kappa shape index (κ1) is 20.1. The van der Waals surface area contributed by atoms with Crippen molar-refractivity contribution < 1.29 is 21.9 Å². The maximum absolute atomic E-state index is 13.1. The summed E-state index contributed by atoms with van der Waals surface area (Å²) in [4.78, 5) is -0.547. The van der Waals surface area contributed by atoms with E-state index in [4.69, 9.17) is 0 Å². The number of aryl methyl sites for hydroxylation is 3. The maximum atomic E-state index is 13.1. The third-order valence-corrected chi connectivity index (χ3v) is 8.21. The Morgan fingerprint density at radius 1 is 0.607 bits per heavy atom. The Morgan fingerprint density at radius 3 is 1.43 bits per heavy atom. The second-order valence-corrected chi connectivity index (χ2v) is 10.6. The van der Waals surface area contributed by atoms with Gasteiger partial charge in [-0.15, -0.1) is 0 Å². The lowest BCUT2D eigenvalue weighted by Crippen LogP contribution is -2.08. The molecule has 0 fully saturated rings. The number of phenolic OH excluding ortho intramolecular Hbond substituents is 1. The van der Waals surface area contributed by atoms with Crippen molar-refractivity contribution >= 4 is 19.7 Å². The number of hydrogen-bond donors (Lipinski definition) is 1. The summed E-state index contributed by atoms with van der Waals surface area (Å²) in [5.74, 6) is -0.485. The van der Waals surface area contributed by atoms with Crippen molar-refractivity contribution in [3.8, 4) is 5.75 Å². The van der Waals surface area contributed by atoms with Crippen LogP contribution >= 0.6 is 0 Å². The summed E-state index contributed by atoms with van der Waals surface area (Å²) < 4.78 is 52.1. The molecule has 28 heavy (non-hydrogen) atoms. The molecule has 0 unspecified atom stereocenters. The molecule has 0 atom stereocenters. The van der Waals surface area contributed by atoms with E-state index in [0.717, 1.165) is 17.2 Å². The van der Waals surface area contributed by atoms with Gasteiger partial charge < -0.3 is 5.11 Å². The molecule has 0 aliphatic carbocycles. The predicted octanol–water partition coefficient (Wildman–Crippen LogP) is 3.98. The Kier molecular flexibility index (Phi) is 5.08. The largest absolute Gasteiger partial charge is 0.507 e. The summed E-state index contributed by atoms with van der Waals surface area (Å²) in [5, 5.41) is 10.3. The molecule has 1 N–H and O–H groups in total. The molecule has 0 bridgehead atoms. The van der Waals surface area contributed by atoms with E-state index in [2.05, 4.69) is 0 Å². The van der Waals surface area contributed by atoms with E-state index >= 15 is 0 Å². The van der Waals surface area contributed by atoms with Crippen molar-refractivity contribution in [2.75, 3.05) is 0 Å². The molecule has 3 aromatic rings. The smallest absolute Gasteiger partial charge is 0.210 e. The summed E-state index contributed by atoms with van der Waals surface area (Å²) in [7, 11) is -8.04.